The fraction of sp³-hybridized carbons (Fsp3) is 0.333. The van der Waals surface area contributed by atoms with E-state index < -0.39 is 23.4 Å². The van der Waals surface area contributed by atoms with Crippen molar-refractivity contribution in [2.45, 2.75) is 46.5 Å². The van der Waals surface area contributed by atoms with Gasteiger partial charge in [-0.1, -0.05) is 50.9 Å². The summed E-state index contributed by atoms with van der Waals surface area (Å²) in [6, 6.07) is 10.4. The highest BCUT2D eigenvalue weighted by molar-refractivity contribution is 6.31. The van der Waals surface area contributed by atoms with Gasteiger partial charge in [-0.05, 0) is 48.9 Å². The Morgan fingerprint density at radius 3 is 2.19 bits per heavy atom. The van der Waals surface area contributed by atoms with Gasteiger partial charge in [0.1, 0.15) is 24.5 Å². The van der Waals surface area contributed by atoms with Crippen LogP contribution in [-0.2, 0) is 15.7 Å². The number of hydrogen-bond donors (Lipinski definition) is 0. The highest BCUT2D eigenvalue weighted by Gasteiger charge is 2.34. The number of aromatic nitrogens is 4. The predicted octanol–water partition coefficient (Wildman–Crippen LogP) is 8.29. The van der Waals surface area contributed by atoms with Crippen LogP contribution in [0.25, 0.3) is 0 Å². The zero-order valence-corrected chi connectivity index (χ0v) is 25.6. The normalized spacial score (nSPS) is 12.8. The maximum atomic E-state index is 13.1. The van der Waals surface area contributed by atoms with E-state index in [-0.39, 0.29) is 23.1 Å². The molecule has 0 amide bonds. The zero-order chi connectivity index (χ0) is 31.6. The van der Waals surface area contributed by atoms with Crippen molar-refractivity contribution in [2.75, 3.05) is 13.2 Å². The summed E-state index contributed by atoms with van der Waals surface area (Å²) in [5.74, 6) is 0.875. The predicted molar refractivity (Wildman–Crippen MR) is 160 cm³/mol. The van der Waals surface area contributed by atoms with Gasteiger partial charge in [-0.3, -0.25) is 13.9 Å². The quantitative estimate of drug-likeness (QED) is 0.105. The van der Waals surface area contributed by atoms with Crippen molar-refractivity contribution in [3.8, 4) is 5.75 Å². The molecular weight excluding hydrogens is 606 g/mol. The van der Waals surface area contributed by atoms with Gasteiger partial charge in [-0.2, -0.15) is 13.2 Å². The van der Waals surface area contributed by atoms with Crippen molar-refractivity contribution in [1.29, 1.82) is 0 Å². The molecule has 0 radical (unpaired) electrons. The third-order valence-electron chi connectivity index (χ3n) is 5.72. The lowest BCUT2D eigenvalue weighted by molar-refractivity contribution is -0.138. The molecule has 0 spiro atoms. The first-order valence-electron chi connectivity index (χ1n) is 13.2. The first kappa shape index (κ1) is 33.8. The fourth-order valence-electron chi connectivity index (χ4n) is 3.53. The monoisotopic (exact) mass is 637 g/mol. The van der Waals surface area contributed by atoms with Crippen LogP contribution >= 0.6 is 23.2 Å². The molecule has 1 atom stereocenters. The zero-order valence-electron chi connectivity index (χ0n) is 24.1. The van der Waals surface area contributed by atoms with Crippen LogP contribution in [0.3, 0.4) is 0 Å². The summed E-state index contributed by atoms with van der Waals surface area (Å²) in [6.45, 7) is 8.10. The standard InChI is InChI=1S/C15H15ClF3N3O.C15H17ClN2O2/c1-2-7-23-9-14(22-6-5-20-10-22)21-13-4-3-11(16)8-12(13)15(17,18)19;1-15(2,3)13(19)14(18-9-8-17-10-18)20-12-6-4-11(16)5-7-12/h3-6,8,10H,2,7,9H2,1H3;4-10,14H,1-3H3/b21-14+;. The Balaban J connectivity index is 0.000000238. The van der Waals surface area contributed by atoms with Crippen LogP contribution in [0.5, 0.6) is 5.75 Å². The number of carbonyl (C=O) groups is 1. The number of benzene rings is 2. The molecule has 0 aliphatic rings. The minimum absolute atomic E-state index is 0.00249. The molecule has 2 heterocycles. The summed E-state index contributed by atoms with van der Waals surface area (Å²) in [7, 11) is 0. The summed E-state index contributed by atoms with van der Waals surface area (Å²) in [5, 5.41) is 0.626. The van der Waals surface area contributed by atoms with E-state index >= 15 is 0 Å². The lowest BCUT2D eigenvalue weighted by Gasteiger charge is -2.26. The summed E-state index contributed by atoms with van der Waals surface area (Å²) in [5.41, 5.74) is -1.62. The molecule has 2 aromatic carbocycles. The Kier molecular flexibility index (Phi) is 11.9. The molecule has 0 aliphatic heterocycles. The van der Waals surface area contributed by atoms with Gasteiger partial charge in [0, 0.05) is 46.9 Å². The second-order valence-corrected chi connectivity index (χ2v) is 11.1. The molecule has 43 heavy (non-hydrogen) atoms. The average Bonchev–Trinajstić information content (AvgIpc) is 3.67. The van der Waals surface area contributed by atoms with Gasteiger partial charge in [-0.15, -0.1) is 0 Å². The Hall–Kier alpha value is -3.67. The molecule has 4 aromatic rings. The Morgan fingerprint density at radius 2 is 1.63 bits per heavy atom. The van der Waals surface area contributed by atoms with Crippen LogP contribution in [0.4, 0.5) is 18.9 Å². The van der Waals surface area contributed by atoms with E-state index in [2.05, 4.69) is 15.0 Å². The van der Waals surface area contributed by atoms with Crippen molar-refractivity contribution in [1.82, 2.24) is 19.1 Å². The smallest absolute Gasteiger partial charge is 0.418 e. The number of halogens is 5. The number of imidazole rings is 2. The van der Waals surface area contributed by atoms with Crippen LogP contribution in [0, 0.1) is 5.41 Å². The minimum atomic E-state index is -4.55. The van der Waals surface area contributed by atoms with Crippen LogP contribution in [0.1, 0.15) is 45.9 Å². The van der Waals surface area contributed by atoms with E-state index in [9.17, 15) is 18.0 Å². The van der Waals surface area contributed by atoms with E-state index in [1.807, 2.05) is 27.7 Å². The van der Waals surface area contributed by atoms with Gasteiger partial charge < -0.3 is 9.47 Å². The molecule has 4 rings (SSSR count). The molecule has 0 saturated carbocycles. The molecule has 0 N–H and O–H groups in total. The Bertz CT molecular complexity index is 1470. The van der Waals surface area contributed by atoms with Crippen LogP contribution in [0.2, 0.25) is 10.0 Å². The number of nitrogens with zero attached hydrogens (tertiary/aromatic N) is 5. The van der Waals surface area contributed by atoms with Crippen molar-refractivity contribution in [2.24, 2.45) is 10.4 Å². The fourth-order valence-corrected chi connectivity index (χ4v) is 3.82. The summed E-state index contributed by atoms with van der Waals surface area (Å²) in [4.78, 5) is 24.5. The second kappa shape index (κ2) is 15.2. The van der Waals surface area contributed by atoms with Gasteiger partial charge in [0.05, 0.1) is 17.6 Å². The lowest BCUT2D eigenvalue weighted by Crippen LogP contribution is -2.33. The van der Waals surface area contributed by atoms with Gasteiger partial charge in [0.15, 0.2) is 5.78 Å². The molecule has 13 heteroatoms. The van der Waals surface area contributed by atoms with Gasteiger partial charge in [0.25, 0.3) is 0 Å². The highest BCUT2D eigenvalue weighted by atomic mass is 35.5. The number of ketones is 1. The van der Waals surface area contributed by atoms with Crippen LogP contribution in [-0.4, -0.2) is 43.9 Å². The highest BCUT2D eigenvalue weighted by Crippen LogP contribution is 2.38. The Morgan fingerprint density at radius 1 is 0.977 bits per heavy atom. The first-order chi connectivity index (χ1) is 20.3. The van der Waals surface area contributed by atoms with Crippen LogP contribution in [0.15, 0.2) is 84.9 Å². The average molecular weight is 639 g/mol. The molecule has 0 fully saturated rings. The number of aliphatic imine (C=N–C) groups is 1. The molecule has 1 unspecified atom stereocenters. The van der Waals surface area contributed by atoms with Crippen molar-refractivity contribution in [3.05, 3.63) is 95.5 Å². The SMILES string of the molecule is CC(C)(C)C(=O)C(Oc1ccc(Cl)cc1)n1ccnc1.CCCOC/C(=N\c1ccc(Cl)cc1C(F)(F)F)n1ccnc1. The largest absolute Gasteiger partial charge is 0.463 e. The number of rotatable bonds is 9. The van der Waals surface area contributed by atoms with Crippen molar-refractivity contribution < 1.29 is 27.4 Å². The number of Topliss-reactive ketones (excluding diaryl/α,β-unsaturated/α-hetero) is 1. The second-order valence-electron chi connectivity index (χ2n) is 10.3. The maximum absolute atomic E-state index is 13.1. The van der Waals surface area contributed by atoms with E-state index in [1.165, 1.54) is 29.2 Å². The number of hydrogen-bond acceptors (Lipinski definition) is 6. The van der Waals surface area contributed by atoms with Gasteiger partial charge in [0.2, 0.25) is 6.23 Å². The summed E-state index contributed by atoms with van der Waals surface area (Å²) in [6.07, 6.45) is 4.98. The summed E-state index contributed by atoms with van der Waals surface area (Å²) >= 11 is 11.5. The molecule has 0 aliphatic carbocycles. The maximum Gasteiger partial charge on any atom is 0.418 e. The molecule has 0 bridgehead atoms. The topological polar surface area (TPSA) is 83.5 Å². The van der Waals surface area contributed by atoms with E-state index in [0.29, 0.717) is 23.2 Å². The van der Waals surface area contributed by atoms with Crippen molar-refractivity contribution >= 4 is 40.5 Å². The van der Waals surface area contributed by atoms with Crippen molar-refractivity contribution in [3.63, 3.8) is 0 Å². The third kappa shape index (κ3) is 10.2. The van der Waals surface area contributed by atoms with E-state index in [0.717, 1.165) is 12.5 Å². The number of ether oxygens (including phenoxy) is 2. The van der Waals surface area contributed by atoms with E-state index in [1.54, 1.807) is 53.8 Å². The number of alkyl halides is 3. The van der Waals surface area contributed by atoms with Gasteiger partial charge >= 0.3 is 6.18 Å². The molecule has 230 valence electrons. The molecule has 8 nitrogen and oxygen atoms in total. The minimum Gasteiger partial charge on any atom is -0.463 e. The molecular formula is C30H32Cl2F3N5O3. The summed E-state index contributed by atoms with van der Waals surface area (Å²) < 4.78 is 53.8. The number of carbonyl (C=O) groups excluding carboxylic acids is 1. The Labute approximate surface area is 258 Å². The van der Waals surface area contributed by atoms with Crippen LogP contribution < -0.4 is 4.74 Å². The molecule has 0 saturated heterocycles. The van der Waals surface area contributed by atoms with Gasteiger partial charge in [-0.25, -0.2) is 15.0 Å². The van der Waals surface area contributed by atoms with E-state index in [4.69, 9.17) is 32.7 Å². The third-order valence-corrected chi connectivity index (χ3v) is 6.20. The lowest BCUT2D eigenvalue weighted by atomic mass is 9.89. The first-order valence-corrected chi connectivity index (χ1v) is 14.0. The molecule has 2 aromatic heterocycles.